The van der Waals surface area contributed by atoms with Crippen LogP contribution >= 0.6 is 0 Å². The first-order valence-electron chi connectivity index (χ1n) is 13.1. The Kier molecular flexibility index (Phi) is 13.2. The number of hydrogen-bond acceptors (Lipinski definition) is 5. The fourth-order valence-corrected chi connectivity index (χ4v) is 4.77. The molecule has 8 nitrogen and oxygen atoms in total. The minimum absolute atomic E-state index is 0. The highest BCUT2D eigenvalue weighted by molar-refractivity contribution is 5.89. The summed E-state index contributed by atoms with van der Waals surface area (Å²) in [5.74, 6) is -2.96. The monoisotopic (exact) mass is 589 g/mol. The smallest absolute Gasteiger partial charge is 0.328 e. The number of benzene rings is 3. The van der Waals surface area contributed by atoms with Crippen LogP contribution in [-0.4, -0.2) is 63.9 Å². The highest BCUT2D eigenvalue weighted by Crippen LogP contribution is 2.42. The fraction of sp³-hybridized carbons (Fsp3) is 0.290. The molecule has 226 valence electrons. The number of halogens is 3. The number of nitrogens with zero attached hydrogens (tertiary/aromatic N) is 1. The molecule has 1 aliphatic rings. The third kappa shape index (κ3) is 10.0. The number of carboxylic acid groups (broad SMARTS) is 2. The van der Waals surface area contributed by atoms with Crippen LogP contribution < -0.4 is 4.74 Å². The third-order valence-electron chi connectivity index (χ3n) is 6.82. The number of rotatable bonds is 10. The maximum Gasteiger partial charge on any atom is 0.328 e. The van der Waals surface area contributed by atoms with Crippen LogP contribution in [0.5, 0.6) is 5.75 Å². The van der Waals surface area contributed by atoms with Gasteiger partial charge in [-0.15, -0.1) is 0 Å². The van der Waals surface area contributed by atoms with E-state index in [0.29, 0.717) is 35.6 Å². The second-order valence-electron chi connectivity index (χ2n) is 9.56. The van der Waals surface area contributed by atoms with Gasteiger partial charge in [0.1, 0.15) is 28.8 Å². The number of hydrogen-bond donors (Lipinski definition) is 3. The summed E-state index contributed by atoms with van der Waals surface area (Å²) in [6.07, 6.45) is 3.46. The molecule has 0 unspecified atom stereocenters. The largest absolute Gasteiger partial charge is 0.494 e. The predicted molar refractivity (Wildman–Crippen MR) is 150 cm³/mol. The molecule has 4 rings (SSSR count). The zero-order valence-electron chi connectivity index (χ0n) is 22.8. The molecule has 0 radical (unpaired) electrons. The summed E-state index contributed by atoms with van der Waals surface area (Å²) >= 11 is 0. The zero-order valence-corrected chi connectivity index (χ0v) is 22.8. The van der Waals surface area contributed by atoms with E-state index in [1.165, 1.54) is 36.4 Å². The van der Waals surface area contributed by atoms with Gasteiger partial charge in [0, 0.05) is 18.7 Å². The Hall–Kier alpha value is -4.19. The molecule has 0 bridgehead atoms. The number of aliphatic hydroxyl groups is 1. The standard InChI is InChI=1S/C27H28F3NO2.C4H4O4.H2O/c28-23-6-2-20(3-7-23)27(32,21-4-8-24(29)9-5-21)22-14-17-31(18-15-22)16-1-19-33-26-12-10-25(30)11-13-26;5-3(6)1-2-4(7)8;/h2-13,22,32H,1,14-19H2;1-2H,(H,5,6)(H,7,8);1H2/b;2-1+;. The average Bonchev–Trinajstić information content (AvgIpc) is 2.96. The van der Waals surface area contributed by atoms with Crippen molar-refractivity contribution in [2.75, 3.05) is 26.2 Å². The third-order valence-corrected chi connectivity index (χ3v) is 6.82. The highest BCUT2D eigenvalue weighted by Gasteiger charge is 2.41. The molecule has 0 saturated carbocycles. The summed E-state index contributed by atoms with van der Waals surface area (Å²) < 4.78 is 45.7. The van der Waals surface area contributed by atoms with Crippen molar-refractivity contribution in [2.24, 2.45) is 5.92 Å². The molecule has 0 aliphatic carbocycles. The molecule has 1 aliphatic heterocycles. The molecule has 1 heterocycles. The summed E-state index contributed by atoms with van der Waals surface area (Å²) in [6, 6.07) is 17.8. The topological polar surface area (TPSA) is 139 Å². The average molecular weight is 590 g/mol. The Bertz CT molecular complexity index is 1230. The van der Waals surface area contributed by atoms with E-state index in [2.05, 4.69) is 4.90 Å². The van der Waals surface area contributed by atoms with Gasteiger partial charge in [0.2, 0.25) is 0 Å². The molecule has 0 amide bonds. The molecule has 11 heteroatoms. The van der Waals surface area contributed by atoms with Crippen LogP contribution in [0.4, 0.5) is 13.2 Å². The number of aliphatic carboxylic acids is 2. The maximum atomic E-state index is 13.5. The van der Waals surface area contributed by atoms with Crippen molar-refractivity contribution in [1.82, 2.24) is 4.90 Å². The summed E-state index contributed by atoms with van der Waals surface area (Å²) in [7, 11) is 0. The van der Waals surface area contributed by atoms with E-state index in [-0.39, 0.29) is 28.8 Å². The lowest BCUT2D eigenvalue weighted by Gasteiger charge is -2.42. The maximum absolute atomic E-state index is 13.5. The van der Waals surface area contributed by atoms with E-state index >= 15 is 0 Å². The normalized spacial score (nSPS) is 14.0. The lowest BCUT2D eigenvalue weighted by Crippen LogP contribution is -2.44. The van der Waals surface area contributed by atoms with Gasteiger partial charge in [0.05, 0.1) is 6.61 Å². The van der Waals surface area contributed by atoms with Crippen LogP contribution in [0.3, 0.4) is 0 Å². The number of carbonyl (C=O) groups is 2. The molecular weight excluding hydrogens is 555 g/mol. The van der Waals surface area contributed by atoms with Crippen molar-refractivity contribution >= 4 is 11.9 Å². The van der Waals surface area contributed by atoms with E-state index in [9.17, 15) is 27.9 Å². The van der Waals surface area contributed by atoms with Crippen LogP contribution in [-0.2, 0) is 15.2 Å². The molecule has 42 heavy (non-hydrogen) atoms. The van der Waals surface area contributed by atoms with E-state index < -0.39 is 17.5 Å². The summed E-state index contributed by atoms with van der Waals surface area (Å²) in [4.78, 5) is 21.4. The van der Waals surface area contributed by atoms with Gasteiger partial charge in [0.25, 0.3) is 0 Å². The van der Waals surface area contributed by atoms with Crippen LogP contribution in [0.15, 0.2) is 84.9 Å². The van der Waals surface area contributed by atoms with E-state index in [1.807, 2.05) is 0 Å². The van der Waals surface area contributed by atoms with Gasteiger partial charge < -0.3 is 30.4 Å². The first-order chi connectivity index (χ1) is 19.6. The minimum Gasteiger partial charge on any atom is -0.494 e. The number of piperidine rings is 1. The van der Waals surface area contributed by atoms with Crippen LogP contribution in [0.25, 0.3) is 0 Å². The SMILES string of the molecule is O.O=C(O)/C=C/C(=O)O.OC(c1ccc(F)cc1)(c1ccc(F)cc1)C1CCN(CCCOc2ccc(F)cc2)CC1. The van der Waals surface area contributed by atoms with Crippen LogP contribution in [0.1, 0.15) is 30.4 Å². The Balaban J connectivity index is 0.000000603. The van der Waals surface area contributed by atoms with Gasteiger partial charge in [0.15, 0.2) is 0 Å². The van der Waals surface area contributed by atoms with Gasteiger partial charge in [-0.05, 0) is 97.9 Å². The highest BCUT2D eigenvalue weighted by atomic mass is 19.1. The van der Waals surface area contributed by atoms with Gasteiger partial charge in [-0.25, -0.2) is 22.8 Å². The first kappa shape index (κ1) is 34.0. The molecule has 3 aromatic rings. The number of ether oxygens (including phenoxy) is 1. The Morgan fingerprint density at radius 3 is 1.60 bits per heavy atom. The van der Waals surface area contributed by atoms with E-state index in [4.69, 9.17) is 14.9 Å². The van der Waals surface area contributed by atoms with Crippen molar-refractivity contribution in [3.8, 4) is 5.75 Å². The minimum atomic E-state index is -1.32. The Morgan fingerprint density at radius 2 is 1.19 bits per heavy atom. The Morgan fingerprint density at radius 1 is 0.786 bits per heavy atom. The van der Waals surface area contributed by atoms with Crippen LogP contribution in [0.2, 0.25) is 0 Å². The quantitative estimate of drug-likeness (QED) is 0.235. The molecule has 0 spiro atoms. The summed E-state index contributed by atoms with van der Waals surface area (Å²) in [5, 5.41) is 27.5. The predicted octanol–water partition coefficient (Wildman–Crippen LogP) is 4.41. The molecule has 0 atom stereocenters. The zero-order chi connectivity index (χ0) is 29.8. The second-order valence-corrected chi connectivity index (χ2v) is 9.56. The van der Waals surface area contributed by atoms with E-state index in [0.717, 1.165) is 38.9 Å². The molecule has 1 saturated heterocycles. The lowest BCUT2D eigenvalue weighted by atomic mass is 9.72. The molecular formula is C31H34F3NO7. The van der Waals surface area contributed by atoms with Gasteiger partial charge in [-0.1, -0.05) is 24.3 Å². The van der Waals surface area contributed by atoms with Crippen molar-refractivity contribution in [2.45, 2.75) is 24.9 Å². The van der Waals surface area contributed by atoms with Crippen molar-refractivity contribution in [3.63, 3.8) is 0 Å². The Labute approximate surface area is 241 Å². The summed E-state index contributed by atoms with van der Waals surface area (Å²) in [5.41, 5.74) is -0.0950. The summed E-state index contributed by atoms with van der Waals surface area (Å²) in [6.45, 7) is 3.03. The molecule has 1 fully saturated rings. The number of carboxylic acids is 2. The molecule has 0 aromatic heterocycles. The van der Waals surface area contributed by atoms with Gasteiger partial charge in [-0.3, -0.25) is 0 Å². The van der Waals surface area contributed by atoms with Crippen molar-refractivity contribution < 1.29 is 48.3 Å². The lowest BCUT2D eigenvalue weighted by molar-refractivity contribution is -0.134. The van der Waals surface area contributed by atoms with Gasteiger partial charge in [-0.2, -0.15) is 0 Å². The molecule has 3 aromatic carbocycles. The second kappa shape index (κ2) is 16.3. The van der Waals surface area contributed by atoms with Crippen LogP contribution in [0, 0.1) is 23.4 Å². The van der Waals surface area contributed by atoms with Crippen molar-refractivity contribution in [3.05, 3.63) is 114 Å². The van der Waals surface area contributed by atoms with E-state index in [1.54, 1.807) is 36.4 Å². The number of likely N-dealkylation sites (tertiary alicyclic amines) is 1. The van der Waals surface area contributed by atoms with Crippen molar-refractivity contribution in [1.29, 1.82) is 0 Å². The molecule has 5 N–H and O–H groups in total. The van der Waals surface area contributed by atoms with Gasteiger partial charge >= 0.3 is 11.9 Å². The fourth-order valence-electron chi connectivity index (χ4n) is 4.77. The first-order valence-corrected chi connectivity index (χ1v) is 13.1.